The van der Waals surface area contributed by atoms with Gasteiger partial charge in [-0.1, -0.05) is 23.2 Å². The summed E-state index contributed by atoms with van der Waals surface area (Å²) in [5.74, 6) is 0.358. The zero-order valence-corrected chi connectivity index (χ0v) is 12.6. The van der Waals surface area contributed by atoms with Gasteiger partial charge >= 0.3 is 0 Å². The molecule has 0 amide bonds. The number of hydrogen-bond donors (Lipinski definition) is 1. The molecule has 0 saturated heterocycles. The first-order valence-corrected chi connectivity index (χ1v) is 7.18. The fourth-order valence-electron chi connectivity index (χ4n) is 1.47. The molecular formula is C11H7Cl2N7S. The number of hydrogen-bond acceptors (Lipinski definition) is 7. The van der Waals surface area contributed by atoms with Gasteiger partial charge in [0.1, 0.15) is 12.7 Å². The second-order valence-corrected chi connectivity index (χ2v) is 5.65. The van der Waals surface area contributed by atoms with Crippen LogP contribution >= 0.6 is 35.0 Å². The Hall–Kier alpha value is -1.90. The Morgan fingerprint density at radius 2 is 2.00 bits per heavy atom. The highest BCUT2D eigenvalue weighted by Crippen LogP contribution is 2.33. The van der Waals surface area contributed by atoms with Gasteiger partial charge in [0, 0.05) is 9.92 Å². The van der Waals surface area contributed by atoms with Crippen LogP contribution in [0.15, 0.2) is 40.9 Å². The lowest BCUT2D eigenvalue weighted by molar-refractivity contribution is 0.763. The minimum Gasteiger partial charge on any atom is -0.368 e. The second kappa shape index (κ2) is 5.84. The Balaban J connectivity index is 1.97. The van der Waals surface area contributed by atoms with Gasteiger partial charge in [0.15, 0.2) is 5.16 Å². The normalized spacial score (nSPS) is 10.8. The molecule has 106 valence electrons. The van der Waals surface area contributed by atoms with Gasteiger partial charge in [0.05, 0.1) is 5.02 Å². The van der Waals surface area contributed by atoms with Crippen molar-refractivity contribution in [3.8, 4) is 5.95 Å². The van der Waals surface area contributed by atoms with E-state index >= 15 is 0 Å². The van der Waals surface area contributed by atoms with E-state index in [0.717, 1.165) is 4.90 Å². The highest BCUT2D eigenvalue weighted by molar-refractivity contribution is 7.99. The predicted octanol–water partition coefficient (Wildman–Crippen LogP) is 2.49. The number of anilines is 1. The molecule has 0 unspecified atom stereocenters. The fourth-order valence-corrected chi connectivity index (χ4v) is 2.76. The first kappa shape index (κ1) is 14.1. The maximum Gasteiger partial charge on any atom is 0.257 e. The van der Waals surface area contributed by atoms with Crippen LogP contribution in [0.1, 0.15) is 0 Å². The van der Waals surface area contributed by atoms with Crippen LogP contribution in [-0.4, -0.2) is 29.7 Å². The number of rotatable bonds is 3. The van der Waals surface area contributed by atoms with Crippen molar-refractivity contribution in [2.45, 2.75) is 10.1 Å². The summed E-state index contributed by atoms with van der Waals surface area (Å²) in [6.45, 7) is 0. The molecule has 0 aliphatic heterocycles. The summed E-state index contributed by atoms with van der Waals surface area (Å²) in [6, 6.07) is 5.13. The summed E-state index contributed by atoms with van der Waals surface area (Å²) in [7, 11) is 0. The van der Waals surface area contributed by atoms with E-state index in [9.17, 15) is 0 Å². The van der Waals surface area contributed by atoms with Crippen molar-refractivity contribution in [1.82, 2.24) is 29.7 Å². The summed E-state index contributed by atoms with van der Waals surface area (Å²) in [4.78, 5) is 16.9. The van der Waals surface area contributed by atoms with Gasteiger partial charge in [-0.3, -0.25) is 0 Å². The van der Waals surface area contributed by atoms with Crippen LogP contribution in [0.4, 0.5) is 5.95 Å². The number of halogens is 2. The maximum atomic E-state index is 6.12. The first-order chi connectivity index (χ1) is 10.1. The van der Waals surface area contributed by atoms with Gasteiger partial charge in [-0.25, -0.2) is 4.98 Å². The molecule has 3 aromatic rings. The molecule has 0 atom stereocenters. The molecule has 0 fully saturated rings. The fraction of sp³-hybridized carbons (Fsp3) is 0. The zero-order chi connectivity index (χ0) is 14.8. The third kappa shape index (κ3) is 3.23. The zero-order valence-electron chi connectivity index (χ0n) is 10.3. The van der Waals surface area contributed by atoms with E-state index in [1.807, 2.05) is 0 Å². The van der Waals surface area contributed by atoms with Crippen molar-refractivity contribution >= 4 is 40.9 Å². The molecule has 0 aliphatic rings. The van der Waals surface area contributed by atoms with E-state index in [1.54, 1.807) is 18.2 Å². The Kier molecular flexibility index (Phi) is 3.91. The smallest absolute Gasteiger partial charge is 0.257 e. The standard InChI is InChI=1S/C11H7Cl2N7S/c12-6-1-2-7(13)8(3-6)21-11-18-9(14)17-10(19-11)20-5-15-4-16-20/h1-5H,(H2,14,17,18,19). The molecule has 1 aromatic carbocycles. The number of nitrogens with zero attached hydrogens (tertiary/aromatic N) is 6. The van der Waals surface area contributed by atoms with Gasteiger partial charge in [-0.15, -0.1) is 0 Å². The van der Waals surface area contributed by atoms with Crippen LogP contribution in [0.5, 0.6) is 0 Å². The molecule has 2 N–H and O–H groups in total. The molecule has 21 heavy (non-hydrogen) atoms. The summed E-state index contributed by atoms with van der Waals surface area (Å²) in [5, 5.41) is 5.45. The van der Waals surface area contributed by atoms with Crippen LogP contribution in [0, 0.1) is 0 Å². The molecule has 7 nitrogen and oxygen atoms in total. The van der Waals surface area contributed by atoms with Crippen LogP contribution < -0.4 is 5.73 Å². The highest BCUT2D eigenvalue weighted by atomic mass is 35.5. The third-order valence-electron chi connectivity index (χ3n) is 2.34. The van der Waals surface area contributed by atoms with Crippen LogP contribution in [0.25, 0.3) is 5.95 Å². The monoisotopic (exact) mass is 339 g/mol. The minimum absolute atomic E-state index is 0.0798. The Morgan fingerprint density at radius 3 is 2.76 bits per heavy atom. The minimum atomic E-state index is 0.0798. The molecule has 2 aromatic heterocycles. The molecule has 2 heterocycles. The van der Waals surface area contributed by atoms with Gasteiger partial charge in [0.25, 0.3) is 5.95 Å². The van der Waals surface area contributed by atoms with Crippen LogP contribution in [-0.2, 0) is 0 Å². The van der Waals surface area contributed by atoms with Gasteiger partial charge in [-0.2, -0.15) is 24.7 Å². The molecule has 0 bridgehead atoms. The van der Waals surface area contributed by atoms with Gasteiger partial charge in [0.2, 0.25) is 5.95 Å². The molecule has 0 spiro atoms. The number of nitrogens with two attached hydrogens (primary N) is 1. The first-order valence-electron chi connectivity index (χ1n) is 5.61. The van der Waals surface area contributed by atoms with Gasteiger partial charge < -0.3 is 5.73 Å². The molecular weight excluding hydrogens is 333 g/mol. The average molecular weight is 340 g/mol. The summed E-state index contributed by atoms with van der Waals surface area (Å²) in [6.07, 6.45) is 2.84. The lowest BCUT2D eigenvalue weighted by atomic mass is 10.4. The quantitative estimate of drug-likeness (QED) is 0.782. The van der Waals surface area contributed by atoms with Crippen molar-refractivity contribution in [1.29, 1.82) is 0 Å². The third-order valence-corrected chi connectivity index (χ3v) is 3.94. The lowest BCUT2D eigenvalue weighted by Gasteiger charge is -2.05. The van der Waals surface area contributed by atoms with Crippen molar-refractivity contribution in [2.24, 2.45) is 0 Å². The second-order valence-electron chi connectivity index (χ2n) is 3.79. The summed E-state index contributed by atoms with van der Waals surface area (Å²) >= 11 is 13.3. The predicted molar refractivity (Wildman–Crippen MR) is 79.7 cm³/mol. The molecule has 3 rings (SSSR count). The SMILES string of the molecule is Nc1nc(Sc2cc(Cl)ccc2Cl)nc(-n2cncn2)n1. The Bertz CT molecular complexity index is 778. The van der Waals surface area contributed by atoms with E-state index < -0.39 is 0 Å². The highest BCUT2D eigenvalue weighted by Gasteiger charge is 2.11. The van der Waals surface area contributed by atoms with Crippen molar-refractivity contribution in [3.63, 3.8) is 0 Å². The van der Waals surface area contributed by atoms with Crippen molar-refractivity contribution in [3.05, 3.63) is 40.9 Å². The topological polar surface area (TPSA) is 95.4 Å². The summed E-state index contributed by atoms with van der Waals surface area (Å²) < 4.78 is 1.39. The van der Waals surface area contributed by atoms with E-state index in [1.165, 1.54) is 29.1 Å². The lowest BCUT2D eigenvalue weighted by Crippen LogP contribution is -2.07. The number of nitrogen functional groups attached to an aromatic ring is 1. The molecule has 0 radical (unpaired) electrons. The van der Waals surface area contributed by atoms with E-state index in [4.69, 9.17) is 28.9 Å². The average Bonchev–Trinajstić information content (AvgIpc) is 2.96. The van der Waals surface area contributed by atoms with Crippen LogP contribution in [0.3, 0.4) is 0 Å². The van der Waals surface area contributed by atoms with Crippen molar-refractivity contribution in [2.75, 3.05) is 5.73 Å². The Morgan fingerprint density at radius 1 is 1.14 bits per heavy atom. The number of aromatic nitrogens is 6. The molecule has 10 heteroatoms. The van der Waals surface area contributed by atoms with E-state index in [0.29, 0.717) is 15.2 Å². The van der Waals surface area contributed by atoms with E-state index in [2.05, 4.69) is 25.0 Å². The molecule has 0 saturated carbocycles. The molecule has 0 aliphatic carbocycles. The summed E-state index contributed by atoms with van der Waals surface area (Å²) in [5.41, 5.74) is 5.69. The largest absolute Gasteiger partial charge is 0.368 e. The van der Waals surface area contributed by atoms with Gasteiger partial charge in [-0.05, 0) is 30.0 Å². The van der Waals surface area contributed by atoms with Crippen LogP contribution in [0.2, 0.25) is 10.0 Å². The Labute approximate surface area is 133 Å². The van der Waals surface area contributed by atoms with E-state index in [-0.39, 0.29) is 11.9 Å². The number of benzene rings is 1. The van der Waals surface area contributed by atoms with Crippen molar-refractivity contribution < 1.29 is 0 Å². The maximum absolute atomic E-state index is 6.12.